The van der Waals surface area contributed by atoms with Gasteiger partial charge in [-0.3, -0.25) is 13.9 Å². The highest BCUT2D eigenvalue weighted by atomic mass is 19.4. The van der Waals surface area contributed by atoms with Crippen molar-refractivity contribution < 1.29 is 17.9 Å². The molecule has 0 N–H and O–H groups in total. The van der Waals surface area contributed by atoms with Crippen LogP contribution in [-0.2, 0) is 17.6 Å². The minimum atomic E-state index is -4.48. The number of aromatic nitrogens is 3. The summed E-state index contributed by atoms with van der Waals surface area (Å²) in [6, 6.07) is 15.8. The first-order valence-electron chi connectivity index (χ1n) is 9.32. The number of benzene rings is 2. The molecule has 2 aromatic heterocycles. The van der Waals surface area contributed by atoms with E-state index in [1.807, 2.05) is 37.3 Å². The van der Waals surface area contributed by atoms with Gasteiger partial charge in [-0.15, -0.1) is 0 Å². The van der Waals surface area contributed by atoms with Crippen LogP contribution in [0.3, 0.4) is 0 Å². The van der Waals surface area contributed by atoms with E-state index < -0.39 is 11.7 Å². The molecule has 5 nitrogen and oxygen atoms in total. The summed E-state index contributed by atoms with van der Waals surface area (Å²) in [7, 11) is 0. The van der Waals surface area contributed by atoms with Crippen LogP contribution in [0.2, 0.25) is 0 Å². The van der Waals surface area contributed by atoms with Gasteiger partial charge in [0.25, 0.3) is 5.56 Å². The van der Waals surface area contributed by atoms with E-state index in [-0.39, 0.29) is 23.6 Å². The topological polar surface area (TPSA) is 49.0 Å². The van der Waals surface area contributed by atoms with Crippen molar-refractivity contribution in [3.05, 3.63) is 82.9 Å². The van der Waals surface area contributed by atoms with Crippen LogP contribution >= 0.6 is 0 Å². The third-order valence-electron chi connectivity index (χ3n) is 4.72. The molecular weight excluding hydrogens is 395 g/mol. The Balaban J connectivity index is 2.00. The Morgan fingerprint density at radius 1 is 1.03 bits per heavy atom. The maximum atomic E-state index is 13.3. The molecule has 0 aliphatic carbocycles. The molecule has 0 amide bonds. The number of hydrogen-bond acceptors (Lipinski definition) is 3. The van der Waals surface area contributed by atoms with Crippen molar-refractivity contribution in [3.8, 4) is 16.9 Å². The smallest absolute Gasteiger partial charge is 0.361 e. The number of nitrogens with zero attached hydrogens (tertiary/aromatic N) is 3. The Hall–Kier alpha value is -3.39. The largest absolute Gasteiger partial charge is 0.416 e. The van der Waals surface area contributed by atoms with E-state index in [1.165, 1.54) is 17.0 Å². The average molecular weight is 413 g/mol. The normalized spacial score (nSPS) is 11.9. The number of rotatable bonds is 5. The molecule has 0 aliphatic heterocycles. The summed E-state index contributed by atoms with van der Waals surface area (Å²) in [5.74, 6) is 0. The highest BCUT2D eigenvalue weighted by molar-refractivity contribution is 5.85. The molecule has 0 unspecified atom stereocenters. The molecule has 4 rings (SSSR count). The summed E-state index contributed by atoms with van der Waals surface area (Å²) in [6.07, 6.45) is -3.14. The van der Waals surface area contributed by atoms with E-state index in [4.69, 9.17) is 4.74 Å². The van der Waals surface area contributed by atoms with Crippen molar-refractivity contribution in [2.45, 2.75) is 19.8 Å². The lowest BCUT2D eigenvalue weighted by Gasteiger charge is -2.13. The van der Waals surface area contributed by atoms with E-state index in [0.717, 1.165) is 17.7 Å². The molecule has 0 saturated heterocycles. The SMILES string of the molecule is CCOCn1cnc2c(cc(-c3ccccc3)n2-c2cccc(C(F)(F)F)c2)c1=O. The molecule has 0 saturated carbocycles. The molecule has 154 valence electrons. The molecule has 4 aromatic rings. The van der Waals surface area contributed by atoms with Gasteiger partial charge < -0.3 is 4.74 Å². The minimum absolute atomic E-state index is 0.0493. The van der Waals surface area contributed by atoms with Gasteiger partial charge in [0.05, 0.1) is 16.6 Å². The van der Waals surface area contributed by atoms with E-state index >= 15 is 0 Å². The summed E-state index contributed by atoms with van der Waals surface area (Å²) in [5.41, 5.74) is 0.785. The Morgan fingerprint density at radius 2 is 1.80 bits per heavy atom. The molecule has 0 atom stereocenters. The zero-order chi connectivity index (χ0) is 21.3. The van der Waals surface area contributed by atoms with Gasteiger partial charge >= 0.3 is 6.18 Å². The number of ether oxygens (including phenoxy) is 1. The molecule has 0 radical (unpaired) electrons. The van der Waals surface area contributed by atoms with Gasteiger partial charge in [0.15, 0.2) is 5.65 Å². The van der Waals surface area contributed by atoms with E-state index in [1.54, 1.807) is 16.7 Å². The van der Waals surface area contributed by atoms with Crippen molar-refractivity contribution in [2.75, 3.05) is 6.61 Å². The lowest BCUT2D eigenvalue weighted by molar-refractivity contribution is -0.137. The fraction of sp³-hybridized carbons (Fsp3) is 0.182. The molecule has 30 heavy (non-hydrogen) atoms. The molecule has 0 fully saturated rings. The van der Waals surface area contributed by atoms with E-state index in [9.17, 15) is 18.0 Å². The van der Waals surface area contributed by atoms with Crippen molar-refractivity contribution >= 4 is 11.0 Å². The average Bonchev–Trinajstić information content (AvgIpc) is 3.14. The van der Waals surface area contributed by atoms with Crippen molar-refractivity contribution in [1.82, 2.24) is 14.1 Å². The fourth-order valence-corrected chi connectivity index (χ4v) is 3.30. The van der Waals surface area contributed by atoms with Crippen LogP contribution in [0.25, 0.3) is 28.0 Å². The quantitative estimate of drug-likeness (QED) is 0.469. The summed E-state index contributed by atoms with van der Waals surface area (Å²) in [4.78, 5) is 17.3. The lowest BCUT2D eigenvalue weighted by atomic mass is 10.1. The van der Waals surface area contributed by atoms with Crippen LogP contribution in [0.5, 0.6) is 0 Å². The van der Waals surface area contributed by atoms with E-state index in [2.05, 4.69) is 4.98 Å². The van der Waals surface area contributed by atoms with Gasteiger partial charge in [-0.05, 0) is 36.8 Å². The predicted octanol–water partition coefficient (Wildman–Crippen LogP) is 4.87. The Bertz CT molecular complexity index is 1240. The number of hydrogen-bond donors (Lipinski definition) is 0. The molecule has 0 bridgehead atoms. The van der Waals surface area contributed by atoms with Gasteiger partial charge in [-0.25, -0.2) is 4.98 Å². The summed E-state index contributed by atoms with van der Waals surface area (Å²) in [5, 5.41) is 0.300. The summed E-state index contributed by atoms with van der Waals surface area (Å²) < 4.78 is 48.1. The third-order valence-corrected chi connectivity index (χ3v) is 4.72. The molecule has 0 aliphatic rings. The van der Waals surface area contributed by atoms with Gasteiger partial charge in [0, 0.05) is 12.3 Å². The van der Waals surface area contributed by atoms with Gasteiger partial charge in [0.1, 0.15) is 13.1 Å². The van der Waals surface area contributed by atoms with Gasteiger partial charge in [-0.2, -0.15) is 13.2 Å². The number of halogens is 3. The van der Waals surface area contributed by atoms with Crippen LogP contribution in [0.15, 0.2) is 71.8 Å². The molecule has 2 heterocycles. The van der Waals surface area contributed by atoms with E-state index in [0.29, 0.717) is 17.7 Å². The Kier molecular flexibility index (Phi) is 5.17. The monoisotopic (exact) mass is 413 g/mol. The summed E-state index contributed by atoms with van der Waals surface area (Å²) >= 11 is 0. The van der Waals surface area contributed by atoms with Crippen LogP contribution in [-0.4, -0.2) is 20.7 Å². The predicted molar refractivity (Wildman–Crippen MR) is 107 cm³/mol. The number of alkyl halides is 3. The Morgan fingerprint density at radius 3 is 2.50 bits per heavy atom. The second-order valence-corrected chi connectivity index (χ2v) is 6.66. The van der Waals surface area contributed by atoms with Crippen molar-refractivity contribution in [2.24, 2.45) is 0 Å². The molecule has 0 spiro atoms. The maximum Gasteiger partial charge on any atom is 0.416 e. The van der Waals surface area contributed by atoms with Gasteiger partial charge in [0.2, 0.25) is 0 Å². The van der Waals surface area contributed by atoms with Gasteiger partial charge in [-0.1, -0.05) is 36.4 Å². The molecule has 8 heteroatoms. The first kappa shape index (κ1) is 19.9. The zero-order valence-corrected chi connectivity index (χ0v) is 16.1. The van der Waals surface area contributed by atoms with Crippen LogP contribution in [0.1, 0.15) is 12.5 Å². The standard InChI is InChI=1S/C22H18F3N3O2/c1-2-30-14-27-13-26-20-18(21(27)29)12-19(15-7-4-3-5-8-15)28(20)17-10-6-9-16(11-17)22(23,24)25/h3-13H,2,14H2,1H3. The first-order chi connectivity index (χ1) is 14.4. The second kappa shape index (κ2) is 7.79. The lowest BCUT2D eigenvalue weighted by Crippen LogP contribution is -2.21. The third kappa shape index (κ3) is 3.61. The minimum Gasteiger partial charge on any atom is -0.361 e. The zero-order valence-electron chi connectivity index (χ0n) is 16.1. The van der Waals surface area contributed by atoms with Crippen LogP contribution in [0, 0.1) is 0 Å². The van der Waals surface area contributed by atoms with Crippen LogP contribution < -0.4 is 5.56 Å². The highest BCUT2D eigenvalue weighted by Crippen LogP contribution is 2.33. The second-order valence-electron chi connectivity index (χ2n) is 6.66. The number of fused-ring (bicyclic) bond motifs is 1. The Labute approximate surface area is 170 Å². The first-order valence-corrected chi connectivity index (χ1v) is 9.32. The highest BCUT2D eigenvalue weighted by Gasteiger charge is 2.31. The van der Waals surface area contributed by atoms with Crippen molar-refractivity contribution in [1.29, 1.82) is 0 Å². The maximum absolute atomic E-state index is 13.3. The fourth-order valence-electron chi connectivity index (χ4n) is 3.30. The van der Waals surface area contributed by atoms with Crippen molar-refractivity contribution in [3.63, 3.8) is 0 Å². The molecular formula is C22H18F3N3O2. The van der Waals surface area contributed by atoms with Crippen LogP contribution in [0.4, 0.5) is 13.2 Å². The summed E-state index contributed by atoms with van der Waals surface area (Å²) in [6.45, 7) is 2.30. The molecule has 2 aromatic carbocycles.